The molecule has 1 fully saturated rings. The van der Waals surface area contributed by atoms with Crippen LogP contribution in [0, 0.1) is 11.8 Å². The number of cyclic esters (lactones) is 1. The summed E-state index contributed by atoms with van der Waals surface area (Å²) in [5.41, 5.74) is 7.29. The molecule has 2 N–H and O–H groups in total. The second kappa shape index (κ2) is 5.37. The number of nitrogens with zero attached hydrogens (tertiary/aromatic N) is 1. The van der Waals surface area contributed by atoms with Gasteiger partial charge in [0.25, 0.3) is 0 Å². The molecule has 1 aliphatic rings. The first-order valence-electron chi connectivity index (χ1n) is 5.50. The zero-order valence-electron chi connectivity index (χ0n) is 9.48. The molecule has 4 heteroatoms. The number of hydrogen-bond donors (Lipinski definition) is 1. The molecule has 1 aromatic rings. The molecule has 0 atom stereocenters. The van der Waals surface area contributed by atoms with Gasteiger partial charge in [0.05, 0.1) is 19.6 Å². The van der Waals surface area contributed by atoms with Crippen molar-refractivity contribution in [2.24, 2.45) is 5.73 Å². The van der Waals surface area contributed by atoms with Gasteiger partial charge in [-0.25, -0.2) is 4.79 Å². The van der Waals surface area contributed by atoms with Crippen LogP contribution in [0.4, 0.5) is 4.79 Å². The van der Waals surface area contributed by atoms with Gasteiger partial charge < -0.3 is 15.4 Å². The molecule has 4 nitrogen and oxygen atoms in total. The fourth-order valence-corrected chi connectivity index (χ4v) is 1.70. The molecule has 1 saturated heterocycles. The van der Waals surface area contributed by atoms with Gasteiger partial charge in [-0.15, -0.1) is 0 Å². The molecule has 88 valence electrons. The lowest BCUT2D eigenvalue weighted by atomic mass is 10.1. The van der Waals surface area contributed by atoms with E-state index in [1.807, 2.05) is 24.3 Å². The van der Waals surface area contributed by atoms with Gasteiger partial charge in [0.1, 0.15) is 6.61 Å². The molecule has 0 unspecified atom stereocenters. The fourth-order valence-electron chi connectivity index (χ4n) is 1.70. The molecule has 0 aliphatic carbocycles. The average molecular weight is 230 g/mol. The van der Waals surface area contributed by atoms with E-state index < -0.39 is 0 Å². The molecule has 1 aliphatic heterocycles. The normalized spacial score (nSPS) is 14.2. The number of amides is 1. The predicted octanol–water partition coefficient (Wildman–Crippen LogP) is 0.949. The summed E-state index contributed by atoms with van der Waals surface area (Å²) in [5.74, 6) is 5.83. The van der Waals surface area contributed by atoms with Crippen molar-refractivity contribution in [3.63, 3.8) is 0 Å². The third-order valence-corrected chi connectivity index (χ3v) is 2.55. The Labute approximate surface area is 100 Å². The first-order valence-corrected chi connectivity index (χ1v) is 5.50. The van der Waals surface area contributed by atoms with Crippen molar-refractivity contribution >= 4 is 6.09 Å². The van der Waals surface area contributed by atoms with E-state index in [9.17, 15) is 4.79 Å². The lowest BCUT2D eigenvalue weighted by molar-refractivity contribution is 0.157. The first-order chi connectivity index (χ1) is 8.31. The van der Waals surface area contributed by atoms with E-state index in [2.05, 4.69) is 11.8 Å². The van der Waals surface area contributed by atoms with Crippen LogP contribution in [-0.2, 0) is 11.3 Å². The predicted molar refractivity (Wildman–Crippen MR) is 64.1 cm³/mol. The molecule has 17 heavy (non-hydrogen) atoms. The number of ether oxygens (including phenoxy) is 1. The Morgan fingerprint density at radius 1 is 1.41 bits per heavy atom. The largest absolute Gasteiger partial charge is 0.448 e. The summed E-state index contributed by atoms with van der Waals surface area (Å²) in [7, 11) is 0. The number of benzene rings is 1. The molecule has 0 bridgehead atoms. The highest BCUT2D eigenvalue weighted by atomic mass is 16.6. The summed E-state index contributed by atoms with van der Waals surface area (Å²) in [6.07, 6.45) is -0.258. The Morgan fingerprint density at radius 2 is 2.24 bits per heavy atom. The van der Waals surface area contributed by atoms with Gasteiger partial charge in [-0.1, -0.05) is 30.0 Å². The van der Waals surface area contributed by atoms with Gasteiger partial charge in [0.15, 0.2) is 0 Å². The molecule has 0 radical (unpaired) electrons. The van der Waals surface area contributed by atoms with Crippen molar-refractivity contribution in [3.8, 4) is 11.8 Å². The summed E-state index contributed by atoms with van der Waals surface area (Å²) in [6.45, 7) is 1.97. The summed E-state index contributed by atoms with van der Waals surface area (Å²) in [5, 5.41) is 0. The van der Waals surface area contributed by atoms with E-state index in [0.717, 1.165) is 11.1 Å². The molecule has 1 heterocycles. The molecule has 0 aromatic heterocycles. The highest BCUT2D eigenvalue weighted by Crippen LogP contribution is 2.13. The number of rotatable bonds is 2. The molecule has 2 rings (SSSR count). The lowest BCUT2D eigenvalue weighted by Gasteiger charge is -2.13. The van der Waals surface area contributed by atoms with Crippen molar-refractivity contribution in [2.45, 2.75) is 6.54 Å². The van der Waals surface area contributed by atoms with Crippen LogP contribution in [0.5, 0.6) is 0 Å². The van der Waals surface area contributed by atoms with Crippen molar-refractivity contribution in [1.82, 2.24) is 4.90 Å². The zero-order valence-corrected chi connectivity index (χ0v) is 9.48. The van der Waals surface area contributed by atoms with E-state index in [-0.39, 0.29) is 6.09 Å². The Balaban J connectivity index is 2.17. The molecule has 1 amide bonds. The number of carbonyl (C=O) groups is 1. The average Bonchev–Trinajstić information content (AvgIpc) is 2.74. The summed E-state index contributed by atoms with van der Waals surface area (Å²) in [6, 6.07) is 7.75. The van der Waals surface area contributed by atoms with E-state index >= 15 is 0 Å². The minimum absolute atomic E-state index is 0.258. The Bertz CT molecular complexity index is 474. The Hall–Kier alpha value is -1.99. The van der Waals surface area contributed by atoms with Crippen molar-refractivity contribution in [1.29, 1.82) is 0 Å². The maximum Gasteiger partial charge on any atom is 0.410 e. The van der Waals surface area contributed by atoms with Crippen LogP contribution in [0.2, 0.25) is 0 Å². The van der Waals surface area contributed by atoms with Crippen LogP contribution in [0.25, 0.3) is 0 Å². The molecular weight excluding hydrogens is 216 g/mol. The van der Waals surface area contributed by atoms with Gasteiger partial charge in [-0.2, -0.15) is 0 Å². The first kappa shape index (κ1) is 11.5. The maximum atomic E-state index is 11.4. The van der Waals surface area contributed by atoms with Crippen LogP contribution in [0.15, 0.2) is 24.3 Å². The number of nitrogens with two attached hydrogens (primary N) is 1. The van der Waals surface area contributed by atoms with Crippen molar-refractivity contribution in [3.05, 3.63) is 35.4 Å². The topological polar surface area (TPSA) is 55.6 Å². The quantitative estimate of drug-likeness (QED) is 0.769. The number of hydrogen-bond acceptors (Lipinski definition) is 3. The van der Waals surface area contributed by atoms with E-state index in [4.69, 9.17) is 10.5 Å². The standard InChI is InChI=1S/C13H14N2O2/c14-7-3-6-11-4-1-2-5-12(11)10-15-8-9-17-13(15)16/h1-2,4-5H,7-10,14H2. The molecule has 0 spiro atoms. The minimum Gasteiger partial charge on any atom is -0.448 e. The van der Waals surface area contributed by atoms with Gasteiger partial charge in [-0.05, 0) is 11.6 Å². The second-order valence-electron chi connectivity index (χ2n) is 3.70. The fraction of sp³-hybridized carbons (Fsp3) is 0.308. The Morgan fingerprint density at radius 3 is 2.94 bits per heavy atom. The van der Waals surface area contributed by atoms with Crippen molar-refractivity contribution in [2.75, 3.05) is 19.7 Å². The summed E-state index contributed by atoms with van der Waals surface area (Å²) < 4.78 is 4.89. The van der Waals surface area contributed by atoms with Crippen LogP contribution in [0.3, 0.4) is 0 Å². The Kier molecular flexibility index (Phi) is 3.63. The smallest absolute Gasteiger partial charge is 0.410 e. The van der Waals surface area contributed by atoms with Crippen LogP contribution in [0.1, 0.15) is 11.1 Å². The van der Waals surface area contributed by atoms with Crippen LogP contribution in [-0.4, -0.2) is 30.7 Å². The van der Waals surface area contributed by atoms with Crippen LogP contribution >= 0.6 is 0 Å². The SMILES string of the molecule is NCC#Cc1ccccc1CN1CCOC1=O. The van der Waals surface area contributed by atoms with Gasteiger partial charge in [0, 0.05) is 5.56 Å². The monoisotopic (exact) mass is 230 g/mol. The molecule has 1 aromatic carbocycles. The van der Waals surface area contributed by atoms with Gasteiger partial charge in [0.2, 0.25) is 0 Å². The highest BCUT2D eigenvalue weighted by molar-refractivity contribution is 5.69. The van der Waals surface area contributed by atoms with E-state index in [0.29, 0.717) is 26.2 Å². The highest BCUT2D eigenvalue weighted by Gasteiger charge is 2.22. The van der Waals surface area contributed by atoms with Crippen LogP contribution < -0.4 is 5.73 Å². The third-order valence-electron chi connectivity index (χ3n) is 2.55. The molecule has 0 saturated carbocycles. The van der Waals surface area contributed by atoms with Gasteiger partial charge >= 0.3 is 6.09 Å². The van der Waals surface area contributed by atoms with Gasteiger partial charge in [-0.3, -0.25) is 0 Å². The minimum atomic E-state index is -0.258. The number of carbonyl (C=O) groups excluding carboxylic acids is 1. The molecular formula is C13H14N2O2. The van der Waals surface area contributed by atoms with E-state index in [1.165, 1.54) is 0 Å². The summed E-state index contributed by atoms with van der Waals surface area (Å²) >= 11 is 0. The van der Waals surface area contributed by atoms with Crippen molar-refractivity contribution < 1.29 is 9.53 Å². The lowest BCUT2D eigenvalue weighted by Crippen LogP contribution is -2.23. The third kappa shape index (κ3) is 2.77. The zero-order chi connectivity index (χ0) is 12.1. The summed E-state index contributed by atoms with van der Waals surface area (Å²) in [4.78, 5) is 13.0. The second-order valence-corrected chi connectivity index (χ2v) is 3.70. The maximum absolute atomic E-state index is 11.4. The van der Waals surface area contributed by atoms with E-state index in [1.54, 1.807) is 4.90 Å².